The Morgan fingerprint density at radius 3 is 2.39 bits per heavy atom. The quantitative estimate of drug-likeness (QED) is 0.855. The van der Waals surface area contributed by atoms with Crippen LogP contribution in [-0.2, 0) is 4.79 Å². The Bertz CT molecular complexity index is 646. The molecule has 0 saturated carbocycles. The highest BCUT2D eigenvalue weighted by Crippen LogP contribution is 2.20. The van der Waals surface area contributed by atoms with Crippen molar-refractivity contribution in [2.45, 2.75) is 12.1 Å². The van der Waals surface area contributed by atoms with Crippen LogP contribution < -0.4 is 5.32 Å². The first-order chi connectivity index (χ1) is 11.0. The van der Waals surface area contributed by atoms with Crippen LogP contribution in [0.4, 0.5) is 0 Å². The number of benzene rings is 2. The van der Waals surface area contributed by atoms with Crippen LogP contribution in [0.25, 0.3) is 0 Å². The van der Waals surface area contributed by atoms with E-state index >= 15 is 0 Å². The molecular weight excluding hydrogens is 312 g/mol. The van der Waals surface area contributed by atoms with E-state index in [1.807, 2.05) is 49.3 Å². The van der Waals surface area contributed by atoms with Crippen molar-refractivity contribution in [2.24, 2.45) is 0 Å². The van der Waals surface area contributed by atoms with Crippen LogP contribution in [0, 0.1) is 0 Å². The molecule has 0 spiro atoms. The van der Waals surface area contributed by atoms with Gasteiger partial charge >= 0.3 is 0 Å². The number of likely N-dealkylation sites (N-methyl/N-ethyl adjacent to an activating group) is 1. The summed E-state index contributed by atoms with van der Waals surface area (Å²) in [5.41, 5.74) is 1.59. The third-order valence-corrected chi connectivity index (χ3v) is 3.82. The van der Waals surface area contributed by atoms with Gasteiger partial charge in [-0.2, -0.15) is 0 Å². The van der Waals surface area contributed by atoms with Gasteiger partial charge in [-0.1, -0.05) is 54.1 Å². The third kappa shape index (κ3) is 4.79. The summed E-state index contributed by atoms with van der Waals surface area (Å²) in [7, 11) is 3.70. The van der Waals surface area contributed by atoms with Crippen molar-refractivity contribution in [1.29, 1.82) is 0 Å². The summed E-state index contributed by atoms with van der Waals surface area (Å²) in [6.45, 7) is 0.135. The standard InChI is InChI=1S/C18H21ClN2O2/c1-21(2)17(13-7-4-3-5-8-13)18(23)20-12-16(22)14-9-6-10-15(19)11-14/h3-11,16-17,22H,12H2,1-2H3,(H,20,23)/t16-,17+/m0/s1. The third-order valence-electron chi connectivity index (χ3n) is 3.58. The number of carbonyl (C=O) groups is 1. The van der Waals surface area contributed by atoms with Crippen LogP contribution in [0.2, 0.25) is 5.02 Å². The number of hydrogen-bond donors (Lipinski definition) is 2. The Morgan fingerprint density at radius 1 is 1.13 bits per heavy atom. The SMILES string of the molecule is CN(C)[C@@H](C(=O)NC[C@H](O)c1cccc(Cl)c1)c1ccccc1. The van der Waals surface area contributed by atoms with Gasteiger partial charge in [0.25, 0.3) is 0 Å². The summed E-state index contributed by atoms with van der Waals surface area (Å²) in [6, 6.07) is 16.1. The molecule has 2 atom stereocenters. The minimum atomic E-state index is -0.795. The Kier molecular flexibility index (Phi) is 6.16. The topological polar surface area (TPSA) is 52.6 Å². The van der Waals surface area contributed by atoms with Gasteiger partial charge in [0.15, 0.2) is 0 Å². The van der Waals surface area contributed by atoms with Crippen LogP contribution in [-0.4, -0.2) is 36.6 Å². The summed E-state index contributed by atoms with van der Waals surface area (Å²) in [6.07, 6.45) is -0.795. The number of amides is 1. The van der Waals surface area contributed by atoms with Crippen molar-refractivity contribution in [3.63, 3.8) is 0 Å². The first-order valence-corrected chi connectivity index (χ1v) is 7.79. The van der Waals surface area contributed by atoms with Crippen molar-refractivity contribution < 1.29 is 9.90 Å². The van der Waals surface area contributed by atoms with E-state index in [1.54, 1.807) is 24.3 Å². The Hall–Kier alpha value is -1.88. The lowest BCUT2D eigenvalue weighted by Crippen LogP contribution is -2.38. The van der Waals surface area contributed by atoms with Gasteiger partial charge in [-0.05, 0) is 37.4 Å². The van der Waals surface area contributed by atoms with E-state index < -0.39 is 12.1 Å². The minimum Gasteiger partial charge on any atom is -0.387 e. The van der Waals surface area contributed by atoms with Crippen LogP contribution in [0.1, 0.15) is 23.3 Å². The highest BCUT2D eigenvalue weighted by molar-refractivity contribution is 6.30. The normalized spacial score (nSPS) is 13.6. The number of aliphatic hydroxyl groups excluding tert-OH is 1. The average Bonchev–Trinajstić information content (AvgIpc) is 2.53. The predicted octanol–water partition coefficient (Wildman–Crippen LogP) is 2.79. The second-order valence-corrected chi connectivity index (χ2v) is 6.03. The van der Waals surface area contributed by atoms with Gasteiger partial charge in [0.05, 0.1) is 6.10 Å². The highest BCUT2D eigenvalue weighted by atomic mass is 35.5. The molecule has 0 aliphatic rings. The van der Waals surface area contributed by atoms with Crippen molar-refractivity contribution in [3.8, 4) is 0 Å². The highest BCUT2D eigenvalue weighted by Gasteiger charge is 2.23. The smallest absolute Gasteiger partial charge is 0.242 e. The summed E-state index contributed by atoms with van der Waals surface area (Å²) in [4.78, 5) is 14.3. The molecular formula is C18H21ClN2O2. The molecule has 0 radical (unpaired) electrons. The van der Waals surface area contributed by atoms with Gasteiger partial charge < -0.3 is 10.4 Å². The monoisotopic (exact) mass is 332 g/mol. The lowest BCUT2D eigenvalue weighted by Gasteiger charge is -2.24. The maximum absolute atomic E-state index is 12.5. The van der Waals surface area contributed by atoms with Gasteiger partial charge in [-0.3, -0.25) is 9.69 Å². The van der Waals surface area contributed by atoms with E-state index in [2.05, 4.69) is 5.32 Å². The lowest BCUT2D eigenvalue weighted by atomic mass is 10.0. The zero-order valence-corrected chi connectivity index (χ0v) is 14.0. The van der Waals surface area contributed by atoms with Gasteiger partial charge in [-0.25, -0.2) is 0 Å². The fourth-order valence-electron chi connectivity index (χ4n) is 2.45. The van der Waals surface area contributed by atoms with Crippen LogP contribution >= 0.6 is 11.6 Å². The van der Waals surface area contributed by atoms with Crippen molar-refractivity contribution in [1.82, 2.24) is 10.2 Å². The van der Waals surface area contributed by atoms with Crippen molar-refractivity contribution in [2.75, 3.05) is 20.6 Å². The van der Waals surface area contributed by atoms with Crippen LogP contribution in [0.15, 0.2) is 54.6 Å². The molecule has 0 heterocycles. The summed E-state index contributed by atoms with van der Waals surface area (Å²) >= 11 is 5.92. The van der Waals surface area contributed by atoms with E-state index in [0.29, 0.717) is 10.6 Å². The molecule has 0 unspecified atom stereocenters. The molecule has 2 aromatic carbocycles. The molecule has 122 valence electrons. The molecule has 23 heavy (non-hydrogen) atoms. The summed E-state index contributed by atoms with van der Waals surface area (Å²) in [5, 5.41) is 13.6. The number of aliphatic hydroxyl groups is 1. The first-order valence-electron chi connectivity index (χ1n) is 7.41. The maximum Gasteiger partial charge on any atom is 0.242 e. The number of carbonyl (C=O) groups excluding carboxylic acids is 1. The average molecular weight is 333 g/mol. The van der Waals surface area contributed by atoms with Crippen molar-refractivity contribution >= 4 is 17.5 Å². The van der Waals surface area contributed by atoms with E-state index in [4.69, 9.17) is 11.6 Å². The number of rotatable bonds is 6. The molecule has 0 aliphatic heterocycles. The number of nitrogens with zero attached hydrogens (tertiary/aromatic N) is 1. The molecule has 2 rings (SSSR count). The van der Waals surface area contributed by atoms with Gasteiger partial charge in [0.2, 0.25) is 5.91 Å². The minimum absolute atomic E-state index is 0.135. The second kappa shape index (κ2) is 8.11. The first kappa shape index (κ1) is 17.5. The molecule has 2 N–H and O–H groups in total. The molecule has 4 nitrogen and oxygen atoms in total. The molecule has 0 aliphatic carbocycles. The molecule has 0 aromatic heterocycles. The van der Waals surface area contributed by atoms with E-state index in [9.17, 15) is 9.90 Å². The van der Waals surface area contributed by atoms with E-state index in [0.717, 1.165) is 5.56 Å². The van der Waals surface area contributed by atoms with Crippen LogP contribution in [0.3, 0.4) is 0 Å². The Labute approximate surface area is 141 Å². The zero-order valence-electron chi connectivity index (χ0n) is 13.2. The Balaban J connectivity index is 2.02. The van der Waals surface area contributed by atoms with Gasteiger partial charge in [-0.15, -0.1) is 0 Å². The van der Waals surface area contributed by atoms with Crippen LogP contribution in [0.5, 0.6) is 0 Å². The zero-order chi connectivity index (χ0) is 16.8. The fourth-order valence-corrected chi connectivity index (χ4v) is 2.64. The molecule has 0 fully saturated rings. The predicted molar refractivity (Wildman–Crippen MR) is 92.3 cm³/mol. The molecule has 0 bridgehead atoms. The molecule has 0 saturated heterocycles. The number of nitrogens with one attached hydrogen (secondary N) is 1. The lowest BCUT2D eigenvalue weighted by molar-refractivity contribution is -0.126. The number of hydrogen-bond acceptors (Lipinski definition) is 3. The van der Waals surface area contributed by atoms with E-state index in [1.165, 1.54) is 0 Å². The van der Waals surface area contributed by atoms with Crippen molar-refractivity contribution in [3.05, 3.63) is 70.7 Å². The van der Waals surface area contributed by atoms with Gasteiger partial charge in [0, 0.05) is 11.6 Å². The number of halogens is 1. The molecule has 2 aromatic rings. The fraction of sp³-hybridized carbons (Fsp3) is 0.278. The summed E-state index contributed by atoms with van der Waals surface area (Å²) < 4.78 is 0. The molecule has 5 heteroatoms. The molecule has 1 amide bonds. The second-order valence-electron chi connectivity index (χ2n) is 5.59. The Morgan fingerprint density at radius 2 is 1.78 bits per heavy atom. The largest absolute Gasteiger partial charge is 0.387 e. The summed E-state index contributed by atoms with van der Waals surface area (Å²) in [5.74, 6) is -0.151. The maximum atomic E-state index is 12.5. The van der Waals surface area contributed by atoms with Gasteiger partial charge in [0.1, 0.15) is 6.04 Å². The van der Waals surface area contributed by atoms with E-state index in [-0.39, 0.29) is 12.5 Å².